The summed E-state index contributed by atoms with van der Waals surface area (Å²) in [6.45, 7) is -0.363. The van der Waals surface area contributed by atoms with E-state index in [1.54, 1.807) is 6.20 Å². The number of nitrogens with one attached hydrogen (secondary N) is 1. The van der Waals surface area contributed by atoms with E-state index in [9.17, 15) is 5.11 Å². The van der Waals surface area contributed by atoms with E-state index in [4.69, 9.17) is 16.7 Å². The van der Waals surface area contributed by atoms with E-state index in [0.29, 0.717) is 16.6 Å². The van der Waals surface area contributed by atoms with E-state index in [0.717, 1.165) is 0 Å². The van der Waals surface area contributed by atoms with Gasteiger partial charge in [0, 0.05) is 11.8 Å². The van der Waals surface area contributed by atoms with Gasteiger partial charge in [0.15, 0.2) is 0 Å². The number of H-pyrrole nitrogens is 1. The monoisotopic (exact) mass is 213 g/mol. The van der Waals surface area contributed by atoms with Gasteiger partial charge in [0.2, 0.25) is 0 Å². The van der Waals surface area contributed by atoms with Crippen LogP contribution in [-0.4, -0.2) is 31.8 Å². The fourth-order valence-corrected chi connectivity index (χ4v) is 1.55. The molecular formula is C8H8ClN3O2. The molecule has 0 fully saturated rings. The standard InChI is InChI=1S/C8H8ClN3O2/c9-7-6-4(5(14)2-13)1-10-8(6)12-3-11-7/h1,3,5,13-14H,2H2,(H,10,11,12). The largest absolute Gasteiger partial charge is 0.393 e. The number of hydrogen-bond acceptors (Lipinski definition) is 4. The van der Waals surface area contributed by atoms with Crippen molar-refractivity contribution in [2.45, 2.75) is 6.10 Å². The second kappa shape index (κ2) is 3.53. The van der Waals surface area contributed by atoms with Crippen molar-refractivity contribution in [2.75, 3.05) is 6.61 Å². The Balaban J connectivity index is 2.67. The van der Waals surface area contributed by atoms with E-state index in [1.807, 2.05) is 0 Å². The maximum Gasteiger partial charge on any atom is 0.142 e. The van der Waals surface area contributed by atoms with Crippen molar-refractivity contribution in [3.8, 4) is 0 Å². The summed E-state index contributed by atoms with van der Waals surface area (Å²) >= 11 is 5.84. The van der Waals surface area contributed by atoms with Gasteiger partial charge in [-0.25, -0.2) is 9.97 Å². The number of rotatable bonds is 2. The number of halogens is 1. The minimum absolute atomic E-state index is 0.263. The molecule has 0 aliphatic carbocycles. The predicted octanol–water partition coefficient (Wildman–Crippen LogP) is 0.637. The fourth-order valence-electron chi connectivity index (χ4n) is 1.31. The molecule has 2 aromatic rings. The Bertz CT molecular complexity index is 457. The first-order valence-corrected chi connectivity index (χ1v) is 4.38. The van der Waals surface area contributed by atoms with Crippen LogP contribution >= 0.6 is 11.6 Å². The summed E-state index contributed by atoms with van der Waals surface area (Å²) in [5, 5.41) is 19.1. The number of fused-ring (bicyclic) bond motifs is 1. The van der Waals surface area contributed by atoms with Gasteiger partial charge in [0.1, 0.15) is 23.2 Å². The van der Waals surface area contributed by atoms with Crippen LogP contribution in [0.15, 0.2) is 12.5 Å². The van der Waals surface area contributed by atoms with Crippen LogP contribution in [0.4, 0.5) is 0 Å². The van der Waals surface area contributed by atoms with Crippen molar-refractivity contribution in [2.24, 2.45) is 0 Å². The van der Waals surface area contributed by atoms with Crippen LogP contribution in [0.5, 0.6) is 0 Å². The van der Waals surface area contributed by atoms with E-state index < -0.39 is 6.10 Å². The molecule has 3 N–H and O–H groups in total. The van der Waals surface area contributed by atoms with Crippen LogP contribution in [0.1, 0.15) is 11.7 Å². The average molecular weight is 214 g/mol. The molecule has 6 heteroatoms. The van der Waals surface area contributed by atoms with Crippen LogP contribution in [0, 0.1) is 0 Å². The SMILES string of the molecule is OCC(O)c1c[nH]c2ncnc(Cl)c12. The first kappa shape index (κ1) is 9.39. The Morgan fingerprint density at radius 3 is 3.00 bits per heavy atom. The molecule has 14 heavy (non-hydrogen) atoms. The minimum Gasteiger partial charge on any atom is -0.393 e. The zero-order valence-corrected chi connectivity index (χ0v) is 7.86. The van der Waals surface area contributed by atoms with Gasteiger partial charge in [-0.3, -0.25) is 0 Å². The van der Waals surface area contributed by atoms with Crippen molar-refractivity contribution in [1.82, 2.24) is 15.0 Å². The zero-order valence-electron chi connectivity index (χ0n) is 7.11. The molecule has 0 amide bonds. The van der Waals surface area contributed by atoms with Gasteiger partial charge in [-0.15, -0.1) is 0 Å². The van der Waals surface area contributed by atoms with Crippen LogP contribution < -0.4 is 0 Å². The third-order valence-electron chi connectivity index (χ3n) is 1.99. The van der Waals surface area contributed by atoms with Gasteiger partial charge in [-0.1, -0.05) is 11.6 Å². The molecule has 5 nitrogen and oxygen atoms in total. The maximum atomic E-state index is 9.46. The van der Waals surface area contributed by atoms with Gasteiger partial charge >= 0.3 is 0 Å². The van der Waals surface area contributed by atoms with E-state index in [-0.39, 0.29) is 11.8 Å². The number of nitrogens with zero attached hydrogens (tertiary/aromatic N) is 2. The topological polar surface area (TPSA) is 82.0 Å². The average Bonchev–Trinajstić information content (AvgIpc) is 2.62. The van der Waals surface area contributed by atoms with Crippen molar-refractivity contribution in [3.63, 3.8) is 0 Å². The highest BCUT2D eigenvalue weighted by Gasteiger charge is 2.15. The summed E-state index contributed by atoms with van der Waals surface area (Å²) in [4.78, 5) is 10.6. The van der Waals surface area contributed by atoms with Gasteiger partial charge in [-0.2, -0.15) is 0 Å². The smallest absolute Gasteiger partial charge is 0.142 e. The highest BCUT2D eigenvalue weighted by Crippen LogP contribution is 2.27. The Hall–Kier alpha value is -1.17. The lowest BCUT2D eigenvalue weighted by Gasteiger charge is -2.04. The zero-order chi connectivity index (χ0) is 10.1. The summed E-state index contributed by atoms with van der Waals surface area (Å²) in [6, 6.07) is 0. The molecule has 2 heterocycles. The van der Waals surface area contributed by atoms with E-state index in [2.05, 4.69) is 15.0 Å². The Kier molecular flexibility index (Phi) is 2.37. The second-order valence-electron chi connectivity index (χ2n) is 2.83. The lowest BCUT2D eigenvalue weighted by atomic mass is 10.1. The number of aromatic amines is 1. The summed E-state index contributed by atoms with van der Waals surface area (Å²) in [5.41, 5.74) is 1.06. The number of aromatic nitrogens is 3. The second-order valence-corrected chi connectivity index (χ2v) is 3.19. The van der Waals surface area contributed by atoms with Crippen LogP contribution in [0.2, 0.25) is 5.15 Å². The van der Waals surface area contributed by atoms with Crippen LogP contribution in [0.3, 0.4) is 0 Å². The summed E-state index contributed by atoms with van der Waals surface area (Å²) in [5.74, 6) is 0. The molecule has 2 rings (SSSR count). The summed E-state index contributed by atoms with van der Waals surface area (Å²) in [7, 11) is 0. The van der Waals surface area contributed by atoms with Gasteiger partial charge < -0.3 is 15.2 Å². The lowest BCUT2D eigenvalue weighted by Crippen LogP contribution is -2.01. The summed E-state index contributed by atoms with van der Waals surface area (Å²) in [6.07, 6.45) is 1.93. The molecule has 0 radical (unpaired) electrons. The molecule has 0 aliphatic rings. The Labute approximate surface area is 84.4 Å². The van der Waals surface area contributed by atoms with Crippen molar-refractivity contribution >= 4 is 22.6 Å². The molecule has 0 bridgehead atoms. The van der Waals surface area contributed by atoms with Crippen molar-refractivity contribution < 1.29 is 10.2 Å². The van der Waals surface area contributed by atoms with Gasteiger partial charge in [0.25, 0.3) is 0 Å². The third-order valence-corrected chi connectivity index (χ3v) is 2.27. The number of hydrogen-bond donors (Lipinski definition) is 3. The molecule has 0 spiro atoms. The first-order valence-electron chi connectivity index (χ1n) is 4.00. The van der Waals surface area contributed by atoms with E-state index >= 15 is 0 Å². The highest BCUT2D eigenvalue weighted by molar-refractivity contribution is 6.34. The first-order chi connectivity index (χ1) is 6.74. The quantitative estimate of drug-likeness (QED) is 0.640. The lowest BCUT2D eigenvalue weighted by molar-refractivity contribution is 0.0967. The fraction of sp³-hybridized carbons (Fsp3) is 0.250. The molecule has 1 atom stereocenters. The molecule has 0 saturated heterocycles. The minimum atomic E-state index is -0.966. The van der Waals surface area contributed by atoms with Crippen LogP contribution in [0.25, 0.3) is 11.0 Å². The predicted molar refractivity (Wildman–Crippen MR) is 50.9 cm³/mol. The number of aliphatic hydroxyl groups excluding tert-OH is 2. The van der Waals surface area contributed by atoms with Crippen molar-refractivity contribution in [3.05, 3.63) is 23.2 Å². The van der Waals surface area contributed by atoms with Crippen LogP contribution in [-0.2, 0) is 0 Å². The Morgan fingerprint density at radius 1 is 1.50 bits per heavy atom. The molecular weight excluding hydrogens is 206 g/mol. The van der Waals surface area contributed by atoms with Crippen molar-refractivity contribution in [1.29, 1.82) is 0 Å². The van der Waals surface area contributed by atoms with E-state index in [1.165, 1.54) is 6.33 Å². The molecule has 74 valence electrons. The highest BCUT2D eigenvalue weighted by atomic mass is 35.5. The third kappa shape index (κ3) is 1.35. The van der Waals surface area contributed by atoms with Gasteiger partial charge in [0.05, 0.1) is 12.0 Å². The normalized spacial score (nSPS) is 13.4. The molecule has 0 aromatic carbocycles. The maximum absolute atomic E-state index is 9.46. The number of aliphatic hydroxyl groups is 2. The Morgan fingerprint density at radius 2 is 2.29 bits per heavy atom. The molecule has 0 aliphatic heterocycles. The molecule has 2 aromatic heterocycles. The summed E-state index contributed by atoms with van der Waals surface area (Å²) < 4.78 is 0. The molecule has 1 unspecified atom stereocenters. The van der Waals surface area contributed by atoms with Gasteiger partial charge in [-0.05, 0) is 0 Å². The molecule has 0 saturated carbocycles.